The summed E-state index contributed by atoms with van der Waals surface area (Å²) < 4.78 is 0. The zero-order valence-corrected chi connectivity index (χ0v) is 13.8. The van der Waals surface area contributed by atoms with Crippen LogP contribution >= 0.6 is 0 Å². The van der Waals surface area contributed by atoms with Gasteiger partial charge in [-0.05, 0) is 67.9 Å². The first-order valence-corrected chi connectivity index (χ1v) is 8.38. The van der Waals surface area contributed by atoms with Crippen LogP contribution in [0.1, 0.15) is 49.3 Å². The van der Waals surface area contributed by atoms with E-state index >= 15 is 0 Å². The summed E-state index contributed by atoms with van der Waals surface area (Å²) >= 11 is 0. The molecule has 118 valence electrons. The molecule has 0 amide bonds. The lowest BCUT2D eigenvalue weighted by atomic mass is 10.0. The number of anilines is 1. The summed E-state index contributed by atoms with van der Waals surface area (Å²) in [6.07, 6.45) is 12.7. The lowest BCUT2D eigenvalue weighted by Gasteiger charge is -2.11. The fourth-order valence-corrected chi connectivity index (χ4v) is 2.56. The Morgan fingerprint density at radius 3 is 2.59 bits per heavy atom. The molecule has 0 radical (unpaired) electrons. The van der Waals surface area contributed by atoms with E-state index in [0.29, 0.717) is 0 Å². The monoisotopic (exact) mass is 297 g/mol. The molecule has 2 aromatic rings. The maximum Gasteiger partial charge on any atom is 0.129 e. The van der Waals surface area contributed by atoms with E-state index in [9.17, 15) is 0 Å². The summed E-state index contributed by atoms with van der Waals surface area (Å²) in [5.74, 6) is 1.07. The molecule has 1 N–H and O–H groups in total. The summed E-state index contributed by atoms with van der Waals surface area (Å²) in [4.78, 5) is 8.63. The highest BCUT2D eigenvalue weighted by Crippen LogP contribution is 2.17. The normalized spacial score (nSPS) is 10.6. The summed E-state index contributed by atoms with van der Waals surface area (Å²) in [6.45, 7) is 5.34. The van der Waals surface area contributed by atoms with Gasteiger partial charge in [-0.2, -0.15) is 0 Å². The Kier molecular flexibility index (Phi) is 6.88. The number of unbranched alkanes of at least 4 members (excludes halogenated alkanes) is 2. The second-order valence-electron chi connectivity index (χ2n) is 5.86. The maximum absolute atomic E-state index is 4.57. The first kappa shape index (κ1) is 16.5. The van der Waals surface area contributed by atoms with Crippen LogP contribution in [0.25, 0.3) is 0 Å². The lowest BCUT2D eigenvalue weighted by molar-refractivity contribution is 0.731. The van der Waals surface area contributed by atoms with Gasteiger partial charge >= 0.3 is 0 Å². The summed E-state index contributed by atoms with van der Waals surface area (Å²) in [5.41, 5.74) is 3.97. The van der Waals surface area contributed by atoms with Gasteiger partial charge in [0.25, 0.3) is 0 Å². The van der Waals surface area contributed by atoms with E-state index in [0.717, 1.165) is 25.2 Å². The second-order valence-corrected chi connectivity index (χ2v) is 5.86. The number of nitrogens with zero attached hydrogens (tertiary/aromatic N) is 2. The number of rotatable bonds is 9. The van der Waals surface area contributed by atoms with Crippen LogP contribution in [-0.4, -0.2) is 16.5 Å². The van der Waals surface area contributed by atoms with Crippen LogP contribution in [0.4, 0.5) is 5.82 Å². The zero-order chi connectivity index (χ0) is 15.6. The molecule has 2 rings (SSSR count). The Morgan fingerprint density at radius 2 is 1.82 bits per heavy atom. The molecule has 0 spiro atoms. The second kappa shape index (κ2) is 9.19. The molecule has 22 heavy (non-hydrogen) atoms. The topological polar surface area (TPSA) is 37.8 Å². The van der Waals surface area contributed by atoms with Crippen LogP contribution in [0.5, 0.6) is 0 Å². The Morgan fingerprint density at radius 1 is 1.05 bits per heavy atom. The van der Waals surface area contributed by atoms with Gasteiger partial charge in [-0.25, -0.2) is 4.98 Å². The molecule has 2 aromatic heterocycles. The van der Waals surface area contributed by atoms with E-state index in [-0.39, 0.29) is 0 Å². The van der Waals surface area contributed by atoms with Gasteiger partial charge in [0.15, 0.2) is 0 Å². The Balaban J connectivity index is 1.84. The van der Waals surface area contributed by atoms with E-state index in [1.54, 1.807) is 0 Å². The van der Waals surface area contributed by atoms with E-state index in [4.69, 9.17) is 0 Å². The van der Waals surface area contributed by atoms with Crippen LogP contribution in [-0.2, 0) is 12.8 Å². The van der Waals surface area contributed by atoms with Crippen molar-refractivity contribution in [1.29, 1.82) is 0 Å². The van der Waals surface area contributed by atoms with Gasteiger partial charge in [-0.3, -0.25) is 4.98 Å². The largest absolute Gasteiger partial charge is 0.370 e. The van der Waals surface area contributed by atoms with Crippen molar-refractivity contribution in [3.63, 3.8) is 0 Å². The highest BCUT2D eigenvalue weighted by Gasteiger charge is 2.04. The van der Waals surface area contributed by atoms with Crippen LogP contribution < -0.4 is 5.32 Å². The van der Waals surface area contributed by atoms with Crippen LogP contribution in [0.2, 0.25) is 0 Å². The van der Waals surface area contributed by atoms with Gasteiger partial charge < -0.3 is 5.32 Å². The van der Waals surface area contributed by atoms with Crippen LogP contribution in [0, 0.1) is 6.92 Å². The maximum atomic E-state index is 4.57. The molecule has 0 aromatic carbocycles. The first-order valence-electron chi connectivity index (χ1n) is 8.38. The van der Waals surface area contributed by atoms with Crippen molar-refractivity contribution in [2.45, 2.75) is 52.4 Å². The van der Waals surface area contributed by atoms with Crippen molar-refractivity contribution in [2.75, 3.05) is 11.9 Å². The van der Waals surface area contributed by atoms with E-state index in [2.05, 4.69) is 47.3 Å². The summed E-state index contributed by atoms with van der Waals surface area (Å²) in [7, 11) is 0. The van der Waals surface area contributed by atoms with E-state index < -0.39 is 0 Å². The summed E-state index contributed by atoms with van der Waals surface area (Å²) in [5, 5.41) is 3.48. The molecular weight excluding hydrogens is 270 g/mol. The van der Waals surface area contributed by atoms with Gasteiger partial charge in [-0.15, -0.1) is 0 Å². The van der Waals surface area contributed by atoms with Crippen molar-refractivity contribution in [1.82, 2.24) is 9.97 Å². The molecule has 0 bridgehead atoms. The van der Waals surface area contributed by atoms with Gasteiger partial charge in [0.05, 0.1) is 0 Å². The third-order valence-electron chi connectivity index (χ3n) is 3.84. The number of aryl methyl sites for hydroxylation is 3. The van der Waals surface area contributed by atoms with Crippen molar-refractivity contribution in [3.8, 4) is 0 Å². The van der Waals surface area contributed by atoms with Gasteiger partial charge in [-0.1, -0.05) is 19.4 Å². The molecule has 0 aliphatic rings. The third-order valence-corrected chi connectivity index (χ3v) is 3.84. The lowest BCUT2D eigenvalue weighted by Crippen LogP contribution is -2.06. The molecule has 0 aliphatic heterocycles. The Labute approximate surface area is 134 Å². The molecule has 0 fully saturated rings. The number of aromatic nitrogens is 2. The molecular formula is C19H27N3. The van der Waals surface area contributed by atoms with Gasteiger partial charge in [0.1, 0.15) is 5.82 Å². The Hall–Kier alpha value is -1.90. The highest BCUT2D eigenvalue weighted by molar-refractivity contribution is 5.45. The smallest absolute Gasteiger partial charge is 0.129 e. The minimum Gasteiger partial charge on any atom is -0.370 e. The van der Waals surface area contributed by atoms with Gasteiger partial charge in [0, 0.05) is 25.1 Å². The molecule has 2 heterocycles. The minimum absolute atomic E-state index is 1.01. The molecule has 0 saturated carbocycles. The van der Waals surface area contributed by atoms with Crippen molar-refractivity contribution in [2.24, 2.45) is 0 Å². The Bertz CT molecular complexity index is 552. The molecule has 0 atom stereocenters. The fourth-order valence-electron chi connectivity index (χ4n) is 2.56. The predicted octanol–water partition coefficient (Wildman–Crippen LogP) is 4.56. The van der Waals surface area contributed by atoms with Crippen LogP contribution in [0.15, 0.2) is 36.8 Å². The van der Waals surface area contributed by atoms with Crippen molar-refractivity contribution >= 4 is 5.82 Å². The number of hydrogen-bond acceptors (Lipinski definition) is 3. The average molecular weight is 297 g/mol. The molecule has 0 unspecified atom stereocenters. The number of hydrogen-bond donors (Lipinski definition) is 1. The first-order chi connectivity index (χ1) is 10.8. The highest BCUT2D eigenvalue weighted by atomic mass is 15.0. The standard InChI is InChI=1S/C19H27N3/c1-3-4-11-21-19-18(14-16(2)15-22-19)8-6-5-7-17-9-12-20-13-10-17/h9-10,12-15H,3-8,11H2,1-2H3,(H,21,22). The average Bonchev–Trinajstić information content (AvgIpc) is 2.54. The SMILES string of the molecule is CCCCNc1ncc(C)cc1CCCCc1ccncc1. The number of pyridine rings is 2. The van der Waals surface area contributed by atoms with Crippen molar-refractivity contribution < 1.29 is 0 Å². The van der Waals surface area contributed by atoms with Crippen molar-refractivity contribution in [3.05, 3.63) is 53.5 Å². The van der Waals surface area contributed by atoms with E-state index in [1.807, 2.05) is 18.6 Å². The molecule has 3 heteroatoms. The number of nitrogens with one attached hydrogen (secondary N) is 1. The summed E-state index contributed by atoms with van der Waals surface area (Å²) in [6, 6.07) is 6.48. The zero-order valence-electron chi connectivity index (χ0n) is 13.8. The quantitative estimate of drug-likeness (QED) is 0.689. The molecule has 0 saturated heterocycles. The third kappa shape index (κ3) is 5.47. The van der Waals surface area contributed by atoms with Gasteiger partial charge in [0.2, 0.25) is 0 Å². The molecule has 0 aliphatic carbocycles. The minimum atomic E-state index is 1.01. The van der Waals surface area contributed by atoms with Crippen LogP contribution in [0.3, 0.4) is 0 Å². The fraction of sp³-hybridized carbons (Fsp3) is 0.474. The predicted molar refractivity (Wildman–Crippen MR) is 93.3 cm³/mol. The van der Waals surface area contributed by atoms with E-state index in [1.165, 1.54) is 42.4 Å². The molecule has 3 nitrogen and oxygen atoms in total.